The van der Waals surface area contributed by atoms with Crippen LogP contribution in [0.3, 0.4) is 0 Å². The zero-order chi connectivity index (χ0) is 19.0. The van der Waals surface area contributed by atoms with E-state index in [0.717, 1.165) is 37.8 Å². The van der Waals surface area contributed by atoms with Crippen LogP contribution in [0.5, 0.6) is 5.75 Å². The molecule has 2 aliphatic rings. The van der Waals surface area contributed by atoms with Gasteiger partial charge in [-0.15, -0.1) is 0 Å². The highest BCUT2D eigenvalue weighted by molar-refractivity contribution is 5.91. The Bertz CT molecular complexity index is 881. The monoisotopic (exact) mass is 368 g/mol. The fraction of sp³-hybridized carbons (Fsp3) is 0.450. The molecule has 4 rings (SSSR count). The second-order valence-corrected chi connectivity index (χ2v) is 7.35. The van der Waals surface area contributed by atoms with E-state index in [1.165, 1.54) is 10.7 Å². The molecular weight excluding hydrogens is 344 g/mol. The number of nitrogens with one attached hydrogen (secondary N) is 2. The zero-order valence-corrected chi connectivity index (χ0v) is 15.4. The Hall–Kier alpha value is -2.83. The molecule has 0 aliphatic heterocycles. The molecule has 2 saturated carbocycles. The summed E-state index contributed by atoms with van der Waals surface area (Å²) in [6.45, 7) is 1.77. The Morgan fingerprint density at radius 1 is 1.22 bits per heavy atom. The summed E-state index contributed by atoms with van der Waals surface area (Å²) in [4.78, 5) is 24.1. The number of carbonyl (C=O) groups excluding carboxylic acids is 2. The quantitative estimate of drug-likeness (QED) is 0.751. The highest BCUT2D eigenvalue weighted by Gasteiger charge is 2.30. The summed E-state index contributed by atoms with van der Waals surface area (Å²) < 4.78 is 1.46. The fourth-order valence-corrected chi connectivity index (χ4v) is 3.22. The predicted octanol–water partition coefficient (Wildman–Crippen LogP) is 3.59. The Balaban J connectivity index is 1.63. The molecule has 0 atom stereocenters. The summed E-state index contributed by atoms with van der Waals surface area (Å²) >= 11 is 0. The molecule has 0 spiro atoms. The van der Waals surface area contributed by atoms with Gasteiger partial charge >= 0.3 is 6.03 Å². The van der Waals surface area contributed by atoms with E-state index in [0.29, 0.717) is 29.3 Å². The second kappa shape index (κ2) is 7.06. The van der Waals surface area contributed by atoms with Crippen LogP contribution in [0.25, 0.3) is 11.3 Å². The Morgan fingerprint density at radius 3 is 2.59 bits per heavy atom. The number of benzene rings is 1. The maximum absolute atomic E-state index is 12.6. The van der Waals surface area contributed by atoms with E-state index in [1.54, 1.807) is 19.1 Å². The summed E-state index contributed by atoms with van der Waals surface area (Å²) in [5.74, 6) is 0.244. The lowest BCUT2D eigenvalue weighted by molar-refractivity contribution is -0.115. The lowest BCUT2D eigenvalue weighted by atomic mass is 9.82. The molecule has 2 aliphatic carbocycles. The summed E-state index contributed by atoms with van der Waals surface area (Å²) in [7, 11) is 0. The van der Waals surface area contributed by atoms with Crippen LogP contribution >= 0.6 is 0 Å². The van der Waals surface area contributed by atoms with Gasteiger partial charge < -0.3 is 15.7 Å². The van der Waals surface area contributed by atoms with Gasteiger partial charge in [0.25, 0.3) is 0 Å². The maximum atomic E-state index is 12.6. The largest absolute Gasteiger partial charge is 0.507 e. The van der Waals surface area contributed by atoms with Gasteiger partial charge in [0.15, 0.2) is 0 Å². The number of phenols is 1. The summed E-state index contributed by atoms with van der Waals surface area (Å²) in [5.41, 5.74) is 2.54. The van der Waals surface area contributed by atoms with Crippen molar-refractivity contribution in [2.75, 3.05) is 5.32 Å². The lowest BCUT2D eigenvalue weighted by Gasteiger charge is -2.25. The van der Waals surface area contributed by atoms with Crippen molar-refractivity contribution < 1.29 is 14.7 Å². The van der Waals surface area contributed by atoms with Crippen LogP contribution in [-0.4, -0.2) is 32.9 Å². The average Bonchev–Trinajstić information content (AvgIpc) is 3.30. The van der Waals surface area contributed by atoms with Crippen LogP contribution in [0.15, 0.2) is 24.3 Å². The first-order valence-electron chi connectivity index (χ1n) is 9.59. The minimum absolute atomic E-state index is 0.0244. The van der Waals surface area contributed by atoms with Crippen molar-refractivity contribution in [2.45, 2.75) is 57.4 Å². The van der Waals surface area contributed by atoms with Crippen LogP contribution < -0.4 is 10.6 Å². The van der Waals surface area contributed by atoms with Crippen molar-refractivity contribution in [1.29, 1.82) is 0 Å². The van der Waals surface area contributed by atoms with Crippen LogP contribution in [0.2, 0.25) is 0 Å². The average molecular weight is 368 g/mol. The highest BCUT2D eigenvalue weighted by atomic mass is 16.3. The molecule has 142 valence electrons. The number of phenolic OH excluding ortho intramolecular Hbond substituents is 1. The topological polar surface area (TPSA) is 96.3 Å². The minimum Gasteiger partial charge on any atom is -0.507 e. The van der Waals surface area contributed by atoms with Crippen molar-refractivity contribution in [3.05, 3.63) is 30.0 Å². The Morgan fingerprint density at radius 2 is 2.00 bits per heavy atom. The Kier molecular flexibility index (Phi) is 4.59. The van der Waals surface area contributed by atoms with Crippen LogP contribution in [0.1, 0.15) is 57.1 Å². The molecule has 1 aromatic heterocycles. The van der Waals surface area contributed by atoms with E-state index < -0.39 is 0 Å². The van der Waals surface area contributed by atoms with Crippen molar-refractivity contribution in [3.63, 3.8) is 0 Å². The molecule has 0 saturated heterocycles. The lowest BCUT2D eigenvalue weighted by Crippen LogP contribution is -2.33. The van der Waals surface area contributed by atoms with Gasteiger partial charge in [-0.25, -0.2) is 4.79 Å². The van der Waals surface area contributed by atoms with Crippen molar-refractivity contribution in [1.82, 2.24) is 15.1 Å². The SMILES string of the molecule is CCC(=O)Nc1ccc(-c2cc(C3CCC3)n(C(=O)NC3CC3)n2)c(O)c1. The molecule has 7 nitrogen and oxygen atoms in total. The fourth-order valence-electron chi connectivity index (χ4n) is 3.22. The standard InChI is InChI=1S/C20H24N4O3/c1-2-19(26)21-14-8-9-15(18(25)10-14)16-11-17(12-4-3-5-12)24(23-16)20(27)22-13-6-7-13/h8-13,25H,2-7H2,1H3,(H,21,26)(H,22,27). The number of hydrogen-bond acceptors (Lipinski definition) is 4. The molecule has 2 aromatic rings. The van der Waals surface area contributed by atoms with Crippen molar-refractivity contribution in [3.8, 4) is 17.0 Å². The number of aromatic nitrogens is 2. The van der Waals surface area contributed by atoms with Gasteiger partial charge in [-0.05, 0) is 43.9 Å². The third-order valence-electron chi connectivity index (χ3n) is 5.24. The van der Waals surface area contributed by atoms with Gasteiger partial charge in [-0.2, -0.15) is 9.78 Å². The minimum atomic E-state index is -0.197. The van der Waals surface area contributed by atoms with E-state index in [2.05, 4.69) is 15.7 Å². The van der Waals surface area contributed by atoms with Gasteiger partial charge in [-0.3, -0.25) is 4.79 Å². The zero-order valence-electron chi connectivity index (χ0n) is 15.4. The number of anilines is 1. The maximum Gasteiger partial charge on any atom is 0.342 e. The van der Waals surface area contributed by atoms with E-state index in [-0.39, 0.29) is 23.7 Å². The molecule has 0 unspecified atom stereocenters. The molecule has 27 heavy (non-hydrogen) atoms. The predicted molar refractivity (Wildman–Crippen MR) is 102 cm³/mol. The van der Waals surface area contributed by atoms with E-state index in [1.807, 2.05) is 6.07 Å². The molecule has 2 fully saturated rings. The smallest absolute Gasteiger partial charge is 0.342 e. The van der Waals surface area contributed by atoms with E-state index >= 15 is 0 Å². The van der Waals surface area contributed by atoms with Gasteiger partial charge in [0.05, 0.1) is 11.4 Å². The molecular formula is C20H24N4O3. The van der Waals surface area contributed by atoms with Crippen molar-refractivity contribution in [2.24, 2.45) is 0 Å². The first kappa shape index (κ1) is 17.6. The molecule has 3 N–H and O–H groups in total. The Labute approximate surface area is 157 Å². The molecule has 0 bridgehead atoms. The van der Waals surface area contributed by atoms with Crippen LogP contribution in [0, 0.1) is 0 Å². The van der Waals surface area contributed by atoms with Crippen LogP contribution in [-0.2, 0) is 4.79 Å². The molecule has 2 amide bonds. The summed E-state index contributed by atoms with van der Waals surface area (Å²) in [6.07, 6.45) is 5.67. The summed E-state index contributed by atoms with van der Waals surface area (Å²) in [6, 6.07) is 6.92. The number of amides is 2. The highest BCUT2D eigenvalue weighted by Crippen LogP contribution is 2.39. The van der Waals surface area contributed by atoms with Gasteiger partial charge in [0.2, 0.25) is 5.91 Å². The number of rotatable bonds is 5. The summed E-state index contributed by atoms with van der Waals surface area (Å²) in [5, 5.41) is 20.6. The molecule has 0 radical (unpaired) electrons. The molecule has 7 heteroatoms. The number of hydrogen-bond donors (Lipinski definition) is 3. The second-order valence-electron chi connectivity index (χ2n) is 7.35. The van der Waals surface area contributed by atoms with E-state index in [4.69, 9.17) is 0 Å². The van der Waals surface area contributed by atoms with Gasteiger partial charge in [0, 0.05) is 35.7 Å². The van der Waals surface area contributed by atoms with Crippen molar-refractivity contribution >= 4 is 17.6 Å². The third kappa shape index (κ3) is 3.67. The van der Waals surface area contributed by atoms with E-state index in [9.17, 15) is 14.7 Å². The van der Waals surface area contributed by atoms with Crippen LogP contribution in [0.4, 0.5) is 10.5 Å². The van der Waals surface area contributed by atoms with Gasteiger partial charge in [0.1, 0.15) is 5.75 Å². The van der Waals surface area contributed by atoms with Gasteiger partial charge in [-0.1, -0.05) is 13.3 Å². The number of carbonyl (C=O) groups is 2. The normalized spacial score (nSPS) is 16.6. The number of aromatic hydroxyl groups is 1. The first-order chi connectivity index (χ1) is 13.0. The molecule has 1 heterocycles. The third-order valence-corrected chi connectivity index (χ3v) is 5.24. The molecule has 1 aromatic carbocycles. The first-order valence-corrected chi connectivity index (χ1v) is 9.59. The number of nitrogens with zero attached hydrogens (tertiary/aromatic N) is 2.